The van der Waals surface area contributed by atoms with Crippen LogP contribution in [0.5, 0.6) is 5.75 Å². The summed E-state index contributed by atoms with van der Waals surface area (Å²) in [5.74, 6) is -0.0264. The average molecular weight is 373 g/mol. The van der Waals surface area contributed by atoms with E-state index in [1.165, 1.54) is 10.7 Å². The topological polar surface area (TPSA) is 81.9 Å². The number of nitrogens with zero attached hydrogens (tertiary/aromatic N) is 4. The number of carbonyl (C=O) groups excluding carboxylic acids is 1. The van der Waals surface area contributed by atoms with Crippen molar-refractivity contribution in [1.82, 2.24) is 20.2 Å². The lowest BCUT2D eigenvalue weighted by atomic mass is 10.3. The van der Waals surface area contributed by atoms with Crippen molar-refractivity contribution in [2.75, 3.05) is 17.7 Å². The van der Waals surface area contributed by atoms with Crippen molar-refractivity contribution in [3.63, 3.8) is 0 Å². The van der Waals surface area contributed by atoms with Crippen LogP contribution in [0.25, 0.3) is 5.69 Å². The van der Waals surface area contributed by atoms with Gasteiger partial charge in [0.25, 0.3) is 0 Å². The summed E-state index contributed by atoms with van der Waals surface area (Å²) in [6, 6.07) is 13.3. The summed E-state index contributed by atoms with van der Waals surface area (Å²) in [6.45, 7) is 2.37. The first-order valence-corrected chi connectivity index (χ1v) is 8.85. The summed E-state index contributed by atoms with van der Waals surface area (Å²) in [5, 5.41) is 14.3. The van der Waals surface area contributed by atoms with Gasteiger partial charge in [0.15, 0.2) is 0 Å². The van der Waals surface area contributed by atoms with Crippen LogP contribution in [0.1, 0.15) is 6.92 Å². The van der Waals surface area contributed by atoms with E-state index in [9.17, 15) is 9.18 Å². The molecule has 0 saturated carbocycles. The molecule has 2 aromatic carbocycles. The van der Waals surface area contributed by atoms with Crippen molar-refractivity contribution in [3.8, 4) is 11.4 Å². The second kappa shape index (κ2) is 8.43. The van der Waals surface area contributed by atoms with Crippen LogP contribution in [-0.4, -0.2) is 38.5 Å². The number of carbonyl (C=O) groups is 1. The van der Waals surface area contributed by atoms with Crippen molar-refractivity contribution in [2.45, 2.75) is 12.1 Å². The van der Waals surface area contributed by atoms with Crippen molar-refractivity contribution in [1.29, 1.82) is 0 Å². The third-order valence-corrected chi connectivity index (χ3v) is 4.23. The minimum Gasteiger partial charge on any atom is -0.492 e. The highest BCUT2D eigenvalue weighted by atomic mass is 32.2. The quantitative estimate of drug-likeness (QED) is 0.641. The van der Waals surface area contributed by atoms with Crippen LogP contribution >= 0.6 is 11.8 Å². The molecule has 0 bridgehead atoms. The van der Waals surface area contributed by atoms with Gasteiger partial charge in [0.05, 0.1) is 18.0 Å². The molecule has 0 aliphatic heterocycles. The van der Waals surface area contributed by atoms with E-state index < -0.39 is 5.82 Å². The highest BCUT2D eigenvalue weighted by Gasteiger charge is 2.15. The first-order valence-electron chi connectivity index (χ1n) is 7.86. The molecule has 0 aliphatic carbocycles. The van der Waals surface area contributed by atoms with E-state index in [1.54, 1.807) is 30.3 Å². The molecule has 0 atom stereocenters. The molecule has 3 rings (SSSR count). The second-order valence-electron chi connectivity index (χ2n) is 5.09. The molecule has 134 valence electrons. The van der Waals surface area contributed by atoms with Crippen LogP contribution in [0.2, 0.25) is 0 Å². The number of benzene rings is 2. The number of aromatic nitrogens is 4. The number of hydrogen-bond acceptors (Lipinski definition) is 6. The molecular formula is C17H16FN5O2S. The molecule has 7 nitrogen and oxygen atoms in total. The molecule has 1 heterocycles. The van der Waals surface area contributed by atoms with Crippen molar-refractivity contribution in [2.24, 2.45) is 0 Å². The third-order valence-electron chi connectivity index (χ3n) is 3.31. The number of nitrogens with one attached hydrogen (secondary N) is 1. The van der Waals surface area contributed by atoms with E-state index in [0.717, 1.165) is 11.8 Å². The number of thioether (sulfide) groups is 1. The van der Waals surface area contributed by atoms with E-state index >= 15 is 0 Å². The fourth-order valence-electron chi connectivity index (χ4n) is 2.21. The SMILES string of the molecule is CCOc1ccccc1NC(=O)CSc1nnnn1-c1ccccc1F. The van der Waals surface area contributed by atoms with Crippen LogP contribution in [0, 0.1) is 5.82 Å². The number of ether oxygens (including phenoxy) is 1. The van der Waals surface area contributed by atoms with Gasteiger partial charge in [-0.05, 0) is 41.6 Å². The van der Waals surface area contributed by atoms with Crippen molar-refractivity contribution in [3.05, 3.63) is 54.3 Å². The normalized spacial score (nSPS) is 10.5. The molecule has 0 fully saturated rings. The zero-order valence-electron chi connectivity index (χ0n) is 13.9. The molecule has 0 radical (unpaired) electrons. The smallest absolute Gasteiger partial charge is 0.234 e. The highest BCUT2D eigenvalue weighted by Crippen LogP contribution is 2.25. The highest BCUT2D eigenvalue weighted by molar-refractivity contribution is 7.99. The van der Waals surface area contributed by atoms with Crippen LogP contribution in [0.4, 0.5) is 10.1 Å². The molecule has 0 spiro atoms. The number of para-hydroxylation sites is 3. The summed E-state index contributed by atoms with van der Waals surface area (Å²) < 4.78 is 20.7. The standard InChI is InChI=1S/C17H16FN5O2S/c1-2-25-15-10-6-4-8-13(15)19-16(24)11-26-17-20-21-22-23(17)14-9-5-3-7-12(14)18/h3-10H,2,11H2,1H3,(H,19,24). The number of amides is 1. The fraction of sp³-hybridized carbons (Fsp3) is 0.176. The Kier molecular flexibility index (Phi) is 5.80. The Morgan fingerprint density at radius 3 is 2.81 bits per heavy atom. The van der Waals surface area contributed by atoms with Crippen molar-refractivity contribution >= 4 is 23.4 Å². The van der Waals surface area contributed by atoms with Gasteiger partial charge in [-0.15, -0.1) is 5.10 Å². The zero-order chi connectivity index (χ0) is 18.4. The minimum absolute atomic E-state index is 0.0648. The molecule has 1 amide bonds. The Labute approximate surface area is 153 Å². The van der Waals surface area contributed by atoms with E-state index in [4.69, 9.17) is 4.74 Å². The molecule has 26 heavy (non-hydrogen) atoms. The minimum atomic E-state index is -0.447. The first kappa shape index (κ1) is 17.9. The lowest BCUT2D eigenvalue weighted by Crippen LogP contribution is -2.15. The average Bonchev–Trinajstić information content (AvgIpc) is 3.10. The predicted molar refractivity (Wildman–Crippen MR) is 96.1 cm³/mol. The Balaban J connectivity index is 1.67. The Morgan fingerprint density at radius 1 is 1.23 bits per heavy atom. The fourth-order valence-corrected chi connectivity index (χ4v) is 2.90. The van der Waals surface area contributed by atoms with Gasteiger partial charge >= 0.3 is 0 Å². The van der Waals surface area contributed by atoms with Gasteiger partial charge in [0.1, 0.15) is 17.3 Å². The Bertz CT molecular complexity index is 902. The number of halogens is 1. The zero-order valence-corrected chi connectivity index (χ0v) is 14.7. The van der Waals surface area contributed by atoms with Gasteiger partial charge in [0, 0.05) is 0 Å². The molecule has 9 heteroatoms. The van der Waals surface area contributed by atoms with Gasteiger partial charge in [-0.2, -0.15) is 4.68 Å². The van der Waals surface area contributed by atoms with E-state index in [-0.39, 0.29) is 17.3 Å². The molecule has 3 aromatic rings. The summed E-state index contributed by atoms with van der Waals surface area (Å²) in [5.41, 5.74) is 0.816. The van der Waals surface area contributed by atoms with Gasteiger partial charge in [0.2, 0.25) is 11.1 Å². The van der Waals surface area contributed by atoms with Gasteiger partial charge in [-0.1, -0.05) is 36.0 Å². The maximum atomic E-state index is 13.9. The van der Waals surface area contributed by atoms with E-state index in [1.807, 2.05) is 19.1 Å². The van der Waals surface area contributed by atoms with Gasteiger partial charge < -0.3 is 10.1 Å². The maximum absolute atomic E-state index is 13.9. The third kappa shape index (κ3) is 4.17. The van der Waals surface area contributed by atoms with Gasteiger partial charge in [-0.3, -0.25) is 4.79 Å². The molecule has 1 aromatic heterocycles. The lowest BCUT2D eigenvalue weighted by molar-refractivity contribution is -0.113. The first-order chi connectivity index (χ1) is 12.7. The monoisotopic (exact) mass is 373 g/mol. The Morgan fingerprint density at radius 2 is 2.00 bits per heavy atom. The van der Waals surface area contributed by atoms with Crippen LogP contribution in [-0.2, 0) is 4.79 Å². The maximum Gasteiger partial charge on any atom is 0.234 e. The van der Waals surface area contributed by atoms with Crippen LogP contribution in [0.3, 0.4) is 0 Å². The number of anilines is 1. The van der Waals surface area contributed by atoms with Crippen molar-refractivity contribution < 1.29 is 13.9 Å². The largest absolute Gasteiger partial charge is 0.492 e. The summed E-state index contributed by atoms with van der Waals surface area (Å²) in [7, 11) is 0. The number of tetrazole rings is 1. The van der Waals surface area contributed by atoms with Crippen LogP contribution < -0.4 is 10.1 Å². The van der Waals surface area contributed by atoms with E-state index in [0.29, 0.717) is 23.2 Å². The summed E-state index contributed by atoms with van der Waals surface area (Å²) in [6.07, 6.45) is 0. The predicted octanol–water partition coefficient (Wildman–Crippen LogP) is 2.93. The molecule has 0 saturated heterocycles. The molecule has 1 N–H and O–H groups in total. The summed E-state index contributed by atoms with van der Waals surface area (Å²) in [4.78, 5) is 12.2. The Hall–Kier alpha value is -2.94. The molecular weight excluding hydrogens is 357 g/mol. The molecule has 0 unspecified atom stereocenters. The van der Waals surface area contributed by atoms with Gasteiger partial charge in [-0.25, -0.2) is 4.39 Å². The summed E-state index contributed by atoms with van der Waals surface area (Å²) >= 11 is 1.11. The lowest BCUT2D eigenvalue weighted by Gasteiger charge is -2.11. The molecule has 0 aliphatic rings. The number of rotatable bonds is 7. The number of hydrogen-bond donors (Lipinski definition) is 1. The van der Waals surface area contributed by atoms with Crippen LogP contribution in [0.15, 0.2) is 53.7 Å². The van der Waals surface area contributed by atoms with E-state index in [2.05, 4.69) is 20.8 Å². The second-order valence-corrected chi connectivity index (χ2v) is 6.03.